The lowest BCUT2D eigenvalue weighted by molar-refractivity contribution is 0.858. The zero-order chi connectivity index (χ0) is 25.3. The molecule has 0 unspecified atom stereocenters. The van der Waals surface area contributed by atoms with Crippen molar-refractivity contribution < 1.29 is 0 Å². The lowest BCUT2D eigenvalue weighted by Gasteiger charge is -2.08. The van der Waals surface area contributed by atoms with Crippen LogP contribution in [0.1, 0.15) is 22.8 Å². The number of nitrogens with zero attached hydrogens (tertiary/aromatic N) is 8. The van der Waals surface area contributed by atoms with Crippen LogP contribution < -0.4 is 0 Å². The lowest BCUT2D eigenvalue weighted by atomic mass is 10.1. The van der Waals surface area contributed by atoms with Gasteiger partial charge in [-0.3, -0.25) is 0 Å². The van der Waals surface area contributed by atoms with Crippen LogP contribution in [0.25, 0.3) is 34.4 Å². The van der Waals surface area contributed by atoms with Crippen LogP contribution in [-0.4, -0.2) is 40.3 Å². The molecule has 0 saturated heterocycles. The number of aromatic nitrogens is 8. The Morgan fingerprint density at radius 2 is 0.806 bits per heavy atom. The first-order valence-electron chi connectivity index (χ1n) is 11.5. The summed E-state index contributed by atoms with van der Waals surface area (Å²) in [5.74, 6) is 0.883. The maximum absolute atomic E-state index is 4.76. The Morgan fingerprint density at radius 1 is 0.444 bits per heavy atom. The van der Waals surface area contributed by atoms with Gasteiger partial charge in [0.25, 0.3) is 0 Å². The summed E-state index contributed by atoms with van der Waals surface area (Å²) in [5, 5.41) is 17.3. The molecule has 36 heavy (non-hydrogen) atoms. The summed E-state index contributed by atoms with van der Waals surface area (Å²) in [6.07, 6.45) is 9.50. The van der Waals surface area contributed by atoms with Gasteiger partial charge in [0.15, 0.2) is 0 Å². The normalized spacial score (nSPS) is 10.6. The summed E-state index contributed by atoms with van der Waals surface area (Å²) in [6, 6.07) is 11.3. The molecule has 0 atom stereocenters. The van der Waals surface area contributed by atoms with Crippen molar-refractivity contribution in [3.63, 3.8) is 0 Å². The van der Waals surface area contributed by atoms with E-state index in [1.165, 1.54) is 0 Å². The van der Waals surface area contributed by atoms with Crippen LogP contribution in [0, 0.1) is 0 Å². The molecule has 0 saturated carbocycles. The Kier molecular flexibility index (Phi) is 7.87. The predicted octanol–water partition coefficient (Wildman–Crippen LogP) is 4.76. The molecule has 0 radical (unpaired) electrons. The van der Waals surface area contributed by atoms with E-state index in [1.807, 2.05) is 36.4 Å². The molecule has 8 heteroatoms. The molecule has 8 nitrogen and oxygen atoms in total. The molecule has 0 aliphatic heterocycles. The van der Waals surface area contributed by atoms with E-state index in [4.69, 9.17) is 9.97 Å². The molecule has 4 heterocycles. The van der Waals surface area contributed by atoms with E-state index in [2.05, 4.69) is 56.7 Å². The Hall–Kier alpha value is -4.72. The van der Waals surface area contributed by atoms with E-state index in [1.54, 1.807) is 24.3 Å². The molecule has 0 bridgehead atoms. The molecule has 0 aliphatic carbocycles. The van der Waals surface area contributed by atoms with Gasteiger partial charge in [-0.25, -0.2) is 19.9 Å². The average Bonchev–Trinajstić information content (AvgIpc) is 2.91. The van der Waals surface area contributed by atoms with Crippen molar-refractivity contribution in [2.24, 2.45) is 0 Å². The fourth-order valence-electron chi connectivity index (χ4n) is 3.57. The third-order valence-electron chi connectivity index (χ3n) is 5.25. The van der Waals surface area contributed by atoms with Crippen molar-refractivity contribution in [2.75, 3.05) is 0 Å². The second-order valence-electron chi connectivity index (χ2n) is 7.84. The highest BCUT2D eigenvalue weighted by molar-refractivity contribution is 5.63. The standard InChI is InChI=1S/C28H26N8/c1-5-11-19-23(13-7-3)33-35-27(31-19)25-17-9-15-21(29-25)22-16-10-18-26(30-22)28-32-20(12-6-2)24(14-8-4)34-36-28/h5-10,15-18H,1-4,11-14H2. The Bertz CT molecular complexity index is 1320. The van der Waals surface area contributed by atoms with Gasteiger partial charge in [-0.1, -0.05) is 36.4 Å². The van der Waals surface area contributed by atoms with Gasteiger partial charge in [0.2, 0.25) is 11.6 Å². The van der Waals surface area contributed by atoms with E-state index in [9.17, 15) is 0 Å². The highest BCUT2D eigenvalue weighted by atomic mass is 15.2. The minimum atomic E-state index is 0.442. The minimum absolute atomic E-state index is 0.442. The Balaban J connectivity index is 1.69. The van der Waals surface area contributed by atoms with Crippen molar-refractivity contribution in [3.8, 4) is 34.4 Å². The molecule has 178 valence electrons. The number of rotatable bonds is 11. The van der Waals surface area contributed by atoms with Gasteiger partial charge in [-0.15, -0.1) is 36.5 Å². The number of hydrogen-bond donors (Lipinski definition) is 0. The highest BCUT2D eigenvalue weighted by Gasteiger charge is 2.14. The highest BCUT2D eigenvalue weighted by Crippen LogP contribution is 2.22. The molecule has 4 aromatic heterocycles. The van der Waals surface area contributed by atoms with E-state index < -0.39 is 0 Å². The smallest absolute Gasteiger partial charge is 0.200 e. The first-order chi connectivity index (χ1) is 17.7. The topological polar surface area (TPSA) is 103 Å². The molecule has 4 aromatic rings. The molecule has 4 rings (SSSR count). The van der Waals surface area contributed by atoms with Crippen LogP contribution in [0.4, 0.5) is 0 Å². The minimum Gasteiger partial charge on any atom is -0.243 e. The fraction of sp³-hybridized carbons (Fsp3) is 0.143. The summed E-state index contributed by atoms with van der Waals surface area (Å²) in [4.78, 5) is 18.9. The van der Waals surface area contributed by atoms with Gasteiger partial charge in [0.1, 0.15) is 11.4 Å². The first kappa shape index (κ1) is 24.4. The van der Waals surface area contributed by atoms with Gasteiger partial charge >= 0.3 is 0 Å². The van der Waals surface area contributed by atoms with Crippen LogP contribution >= 0.6 is 0 Å². The number of hydrogen-bond acceptors (Lipinski definition) is 8. The third kappa shape index (κ3) is 5.50. The first-order valence-corrected chi connectivity index (χ1v) is 11.5. The zero-order valence-electron chi connectivity index (χ0n) is 20.0. The molecule has 0 fully saturated rings. The number of allylic oxidation sites excluding steroid dienone is 4. The summed E-state index contributed by atoms with van der Waals surface area (Å²) in [5.41, 5.74) is 5.71. The second-order valence-corrected chi connectivity index (χ2v) is 7.84. The van der Waals surface area contributed by atoms with Crippen LogP contribution in [0.2, 0.25) is 0 Å². The second kappa shape index (κ2) is 11.6. The van der Waals surface area contributed by atoms with E-state index in [-0.39, 0.29) is 0 Å². The molecule has 0 aromatic carbocycles. The van der Waals surface area contributed by atoms with Crippen molar-refractivity contribution in [2.45, 2.75) is 25.7 Å². The molecule has 0 N–H and O–H groups in total. The Morgan fingerprint density at radius 3 is 1.19 bits per heavy atom. The monoisotopic (exact) mass is 474 g/mol. The fourth-order valence-corrected chi connectivity index (χ4v) is 3.57. The quantitative estimate of drug-likeness (QED) is 0.287. The maximum atomic E-state index is 4.76. The largest absolute Gasteiger partial charge is 0.243 e. The summed E-state index contributed by atoms with van der Waals surface area (Å²) in [7, 11) is 0. The average molecular weight is 475 g/mol. The lowest BCUT2D eigenvalue weighted by Crippen LogP contribution is -2.06. The third-order valence-corrected chi connectivity index (χ3v) is 5.25. The van der Waals surface area contributed by atoms with Crippen molar-refractivity contribution in [1.29, 1.82) is 0 Å². The van der Waals surface area contributed by atoms with Crippen molar-refractivity contribution >= 4 is 0 Å². The van der Waals surface area contributed by atoms with Gasteiger partial charge in [0.05, 0.1) is 34.2 Å². The molecular weight excluding hydrogens is 448 g/mol. The summed E-state index contributed by atoms with van der Waals surface area (Å²) in [6.45, 7) is 15.2. The molecule has 0 spiro atoms. The van der Waals surface area contributed by atoms with Crippen LogP contribution in [0.3, 0.4) is 0 Å². The summed E-state index contributed by atoms with van der Waals surface area (Å²) >= 11 is 0. The maximum Gasteiger partial charge on any atom is 0.200 e. The molecule has 0 amide bonds. The molecule has 0 aliphatic rings. The van der Waals surface area contributed by atoms with Gasteiger partial charge in [-0.2, -0.15) is 10.2 Å². The van der Waals surface area contributed by atoms with E-state index >= 15 is 0 Å². The van der Waals surface area contributed by atoms with Crippen molar-refractivity contribution in [1.82, 2.24) is 40.3 Å². The van der Waals surface area contributed by atoms with Gasteiger partial charge < -0.3 is 0 Å². The van der Waals surface area contributed by atoms with Crippen LogP contribution in [0.5, 0.6) is 0 Å². The van der Waals surface area contributed by atoms with E-state index in [0.29, 0.717) is 60.1 Å². The van der Waals surface area contributed by atoms with Gasteiger partial charge in [-0.05, 0) is 24.3 Å². The zero-order valence-corrected chi connectivity index (χ0v) is 20.0. The SMILES string of the molecule is C=CCc1nnc(-c2cccc(-c3cccc(-c4nnc(CC=C)c(CC=C)n4)n3)n2)nc1CC=C. The van der Waals surface area contributed by atoms with Crippen LogP contribution in [-0.2, 0) is 25.7 Å². The summed E-state index contributed by atoms with van der Waals surface area (Å²) < 4.78 is 0. The Labute approximate surface area is 210 Å². The van der Waals surface area contributed by atoms with E-state index in [0.717, 1.165) is 22.8 Å². The van der Waals surface area contributed by atoms with Crippen LogP contribution in [0.15, 0.2) is 87.0 Å². The molecular formula is C28H26N8. The predicted molar refractivity (Wildman–Crippen MR) is 141 cm³/mol. The van der Waals surface area contributed by atoms with Crippen molar-refractivity contribution in [3.05, 3.63) is 110 Å². The van der Waals surface area contributed by atoms with Gasteiger partial charge in [0, 0.05) is 25.7 Å². The number of pyridine rings is 2.